The fraction of sp³-hybridized carbons (Fsp3) is 0.400. The first-order valence-corrected chi connectivity index (χ1v) is 6.93. The molecule has 1 atom stereocenters. The van der Waals surface area contributed by atoms with Crippen LogP contribution in [0.5, 0.6) is 11.5 Å². The summed E-state index contributed by atoms with van der Waals surface area (Å²) < 4.78 is 11.1. The number of nitrogens with zero attached hydrogens (tertiary/aromatic N) is 1. The maximum absolute atomic E-state index is 12.2. The lowest BCUT2D eigenvalue weighted by Crippen LogP contribution is -2.45. The number of carboxylic acid groups (broad SMARTS) is 1. The van der Waals surface area contributed by atoms with Gasteiger partial charge in [0.1, 0.15) is 6.29 Å². The van der Waals surface area contributed by atoms with E-state index < -0.39 is 12.1 Å². The van der Waals surface area contributed by atoms with Gasteiger partial charge in [0.05, 0.1) is 18.7 Å². The summed E-state index contributed by atoms with van der Waals surface area (Å²) in [6.07, 6.45) is -0.309. The summed E-state index contributed by atoms with van der Waals surface area (Å²) in [6.45, 7) is 3.75. The van der Waals surface area contributed by atoms with Crippen LogP contribution in [0.2, 0.25) is 0 Å². The minimum atomic E-state index is -1.01. The van der Waals surface area contributed by atoms with Crippen LogP contribution >= 0.6 is 0 Å². The number of aldehydes is 1. The molecule has 7 heteroatoms. The van der Waals surface area contributed by atoms with Crippen LogP contribution < -0.4 is 14.4 Å². The summed E-state index contributed by atoms with van der Waals surface area (Å²) in [5.74, 6) is -0.643. The van der Waals surface area contributed by atoms with E-state index in [0.717, 1.165) is 0 Å². The average Bonchev–Trinajstić information content (AvgIpc) is 2.48. The summed E-state index contributed by atoms with van der Waals surface area (Å²) in [4.78, 5) is 35.4. The molecule has 1 N–H and O–H groups in total. The topological polar surface area (TPSA) is 93.1 Å². The molecule has 22 heavy (non-hydrogen) atoms. The minimum Gasteiger partial charge on any atom is -0.490 e. The Morgan fingerprint density at radius 1 is 1.50 bits per heavy atom. The Bertz CT molecular complexity index is 612. The van der Waals surface area contributed by atoms with Gasteiger partial charge >= 0.3 is 5.97 Å². The summed E-state index contributed by atoms with van der Waals surface area (Å²) in [7, 11) is 0. The second-order valence-corrected chi connectivity index (χ2v) is 4.81. The first-order valence-electron chi connectivity index (χ1n) is 6.93. The first kappa shape index (κ1) is 15.8. The lowest BCUT2D eigenvalue weighted by atomic mass is 10.1. The van der Waals surface area contributed by atoms with Crippen molar-refractivity contribution in [3.63, 3.8) is 0 Å². The molecule has 0 saturated carbocycles. The molecule has 1 unspecified atom stereocenters. The van der Waals surface area contributed by atoms with Crippen molar-refractivity contribution in [2.45, 2.75) is 26.4 Å². The Labute approximate surface area is 127 Å². The van der Waals surface area contributed by atoms with E-state index in [1.807, 2.05) is 0 Å². The van der Waals surface area contributed by atoms with Gasteiger partial charge in [-0.25, -0.2) is 0 Å². The number of rotatable bonds is 6. The predicted molar refractivity (Wildman–Crippen MR) is 77.7 cm³/mol. The molecule has 1 aliphatic heterocycles. The summed E-state index contributed by atoms with van der Waals surface area (Å²) >= 11 is 0. The Morgan fingerprint density at radius 3 is 2.82 bits per heavy atom. The van der Waals surface area contributed by atoms with Crippen LogP contribution in [-0.4, -0.2) is 42.5 Å². The van der Waals surface area contributed by atoms with Crippen molar-refractivity contribution >= 4 is 23.9 Å². The molecule has 1 aliphatic rings. The van der Waals surface area contributed by atoms with Crippen molar-refractivity contribution in [3.8, 4) is 11.5 Å². The normalized spacial score (nSPS) is 16.7. The van der Waals surface area contributed by atoms with E-state index in [9.17, 15) is 14.4 Å². The molecule has 1 aromatic rings. The van der Waals surface area contributed by atoms with E-state index >= 15 is 0 Å². The number of ether oxygens (including phenoxy) is 2. The molecule has 0 bridgehead atoms. The standard InChI is InChI=1S/C15H17NO6/c1-3-21-12-7-10(8-17)6-11-14(12)22-9(2)15(20)16(11)5-4-13(18)19/h6-9H,3-5H2,1-2H3,(H,18,19). The highest BCUT2D eigenvalue weighted by molar-refractivity contribution is 6.01. The molecule has 0 spiro atoms. The van der Waals surface area contributed by atoms with E-state index in [1.54, 1.807) is 13.8 Å². The Kier molecular flexibility index (Phi) is 4.65. The van der Waals surface area contributed by atoms with Crippen molar-refractivity contribution in [3.05, 3.63) is 17.7 Å². The third kappa shape index (κ3) is 3.03. The Balaban J connectivity index is 2.50. The maximum atomic E-state index is 12.2. The van der Waals surface area contributed by atoms with Crippen molar-refractivity contribution in [1.29, 1.82) is 0 Å². The molecule has 1 aromatic carbocycles. The van der Waals surface area contributed by atoms with Gasteiger partial charge in [0.15, 0.2) is 17.6 Å². The molecule has 0 saturated heterocycles. The van der Waals surface area contributed by atoms with Crippen LogP contribution in [0.25, 0.3) is 0 Å². The number of fused-ring (bicyclic) bond motifs is 1. The van der Waals surface area contributed by atoms with E-state index in [2.05, 4.69) is 0 Å². The number of carbonyl (C=O) groups is 3. The number of benzene rings is 1. The minimum absolute atomic E-state index is 0.00272. The number of carboxylic acids is 1. The SMILES string of the molecule is CCOc1cc(C=O)cc2c1OC(C)C(=O)N2CCC(=O)O. The van der Waals surface area contributed by atoms with Gasteiger partial charge in [0, 0.05) is 12.1 Å². The fourth-order valence-corrected chi connectivity index (χ4v) is 2.26. The summed E-state index contributed by atoms with van der Waals surface area (Å²) in [5, 5.41) is 8.83. The summed E-state index contributed by atoms with van der Waals surface area (Å²) in [6, 6.07) is 3.03. The Hall–Kier alpha value is -2.57. The zero-order chi connectivity index (χ0) is 16.3. The lowest BCUT2D eigenvalue weighted by molar-refractivity contribution is -0.136. The molecule has 1 amide bonds. The Morgan fingerprint density at radius 2 is 2.23 bits per heavy atom. The third-order valence-corrected chi connectivity index (χ3v) is 3.24. The van der Waals surface area contributed by atoms with Crippen LogP contribution in [0.3, 0.4) is 0 Å². The number of hydrogen-bond acceptors (Lipinski definition) is 5. The molecule has 2 rings (SSSR count). The molecule has 7 nitrogen and oxygen atoms in total. The second-order valence-electron chi connectivity index (χ2n) is 4.81. The van der Waals surface area contributed by atoms with E-state index in [1.165, 1.54) is 17.0 Å². The molecule has 0 fully saturated rings. The lowest BCUT2D eigenvalue weighted by Gasteiger charge is -2.33. The molecule has 1 heterocycles. The second kappa shape index (κ2) is 6.46. The zero-order valence-electron chi connectivity index (χ0n) is 12.4. The van der Waals surface area contributed by atoms with Crippen LogP contribution in [0.4, 0.5) is 5.69 Å². The summed E-state index contributed by atoms with van der Waals surface area (Å²) in [5.41, 5.74) is 0.686. The number of aliphatic carboxylic acids is 1. The van der Waals surface area contributed by atoms with Gasteiger partial charge in [0.2, 0.25) is 0 Å². The van der Waals surface area contributed by atoms with Crippen molar-refractivity contribution in [2.24, 2.45) is 0 Å². The number of anilines is 1. The number of carbonyl (C=O) groups excluding carboxylic acids is 2. The van der Waals surface area contributed by atoms with Gasteiger partial charge in [-0.2, -0.15) is 0 Å². The highest BCUT2D eigenvalue weighted by Crippen LogP contribution is 2.42. The van der Waals surface area contributed by atoms with Crippen LogP contribution in [0, 0.1) is 0 Å². The van der Waals surface area contributed by atoms with Gasteiger partial charge in [-0.1, -0.05) is 0 Å². The zero-order valence-corrected chi connectivity index (χ0v) is 12.4. The van der Waals surface area contributed by atoms with E-state index in [0.29, 0.717) is 35.6 Å². The highest BCUT2D eigenvalue weighted by atomic mass is 16.5. The molecule has 0 radical (unpaired) electrons. The fourth-order valence-electron chi connectivity index (χ4n) is 2.26. The number of amides is 1. The average molecular weight is 307 g/mol. The van der Waals surface area contributed by atoms with Crippen molar-refractivity contribution in [1.82, 2.24) is 0 Å². The van der Waals surface area contributed by atoms with Gasteiger partial charge < -0.3 is 19.5 Å². The highest BCUT2D eigenvalue weighted by Gasteiger charge is 2.34. The van der Waals surface area contributed by atoms with E-state index in [-0.39, 0.29) is 18.9 Å². The predicted octanol–water partition coefficient (Wildman–Crippen LogP) is 1.49. The van der Waals surface area contributed by atoms with Crippen molar-refractivity contribution in [2.75, 3.05) is 18.1 Å². The van der Waals surface area contributed by atoms with Gasteiger partial charge in [-0.3, -0.25) is 14.4 Å². The van der Waals surface area contributed by atoms with Crippen LogP contribution in [-0.2, 0) is 9.59 Å². The molecule has 118 valence electrons. The third-order valence-electron chi connectivity index (χ3n) is 3.24. The monoisotopic (exact) mass is 307 g/mol. The molecule has 0 aliphatic carbocycles. The molecule has 0 aromatic heterocycles. The van der Waals surface area contributed by atoms with Gasteiger partial charge in [-0.15, -0.1) is 0 Å². The van der Waals surface area contributed by atoms with Crippen molar-refractivity contribution < 1.29 is 29.0 Å². The van der Waals surface area contributed by atoms with Gasteiger partial charge in [-0.05, 0) is 26.0 Å². The maximum Gasteiger partial charge on any atom is 0.305 e. The number of hydrogen-bond donors (Lipinski definition) is 1. The smallest absolute Gasteiger partial charge is 0.305 e. The van der Waals surface area contributed by atoms with Gasteiger partial charge in [0.25, 0.3) is 5.91 Å². The van der Waals surface area contributed by atoms with Crippen LogP contribution in [0.1, 0.15) is 30.6 Å². The first-order chi connectivity index (χ1) is 10.5. The largest absolute Gasteiger partial charge is 0.490 e. The molecular weight excluding hydrogens is 290 g/mol. The van der Waals surface area contributed by atoms with E-state index in [4.69, 9.17) is 14.6 Å². The van der Waals surface area contributed by atoms with Crippen LogP contribution in [0.15, 0.2) is 12.1 Å². The quantitative estimate of drug-likeness (QED) is 0.800. The molecular formula is C15H17NO6.